The summed E-state index contributed by atoms with van der Waals surface area (Å²) >= 11 is 7.70. The molecule has 0 aliphatic rings. The van der Waals surface area contributed by atoms with Gasteiger partial charge in [-0.1, -0.05) is 11.6 Å². The molecule has 20 heavy (non-hydrogen) atoms. The van der Waals surface area contributed by atoms with Gasteiger partial charge in [-0.2, -0.15) is 0 Å². The summed E-state index contributed by atoms with van der Waals surface area (Å²) in [5, 5.41) is 6.34. The molecule has 5 nitrogen and oxygen atoms in total. The van der Waals surface area contributed by atoms with Gasteiger partial charge < -0.3 is 15.8 Å². The number of aromatic nitrogens is 1. The molecule has 1 atom stereocenters. The van der Waals surface area contributed by atoms with Gasteiger partial charge in [-0.25, -0.2) is 9.78 Å². The largest absolute Gasteiger partial charge is 0.465 e. The third-order valence-electron chi connectivity index (χ3n) is 2.70. The molecule has 0 saturated heterocycles. The molecule has 7 heteroatoms. The Kier molecular flexibility index (Phi) is 4.46. The van der Waals surface area contributed by atoms with Crippen LogP contribution in [0.25, 0.3) is 0 Å². The minimum Gasteiger partial charge on any atom is -0.465 e. The third-order valence-corrected chi connectivity index (χ3v) is 3.96. The first-order valence-corrected chi connectivity index (χ1v) is 7.12. The highest BCUT2D eigenvalue weighted by atomic mass is 35.5. The predicted molar refractivity (Wildman–Crippen MR) is 81.4 cm³/mol. The molecular weight excluding hydrogens is 298 g/mol. The smallest absolute Gasteiger partial charge is 0.340 e. The van der Waals surface area contributed by atoms with E-state index in [1.807, 2.05) is 12.3 Å². The minimum absolute atomic E-state index is 0.0838. The second-order valence-corrected chi connectivity index (χ2v) is 5.49. The SMILES string of the molecule is COC(=O)c1cc(N)cc(Cl)c1NC(C)c1nccs1. The fourth-order valence-electron chi connectivity index (χ4n) is 1.77. The van der Waals surface area contributed by atoms with Crippen molar-refractivity contribution in [2.45, 2.75) is 13.0 Å². The van der Waals surface area contributed by atoms with Crippen LogP contribution in [0.3, 0.4) is 0 Å². The first-order valence-electron chi connectivity index (χ1n) is 5.86. The Hall–Kier alpha value is -1.79. The number of nitrogen functional groups attached to an aromatic ring is 1. The highest BCUT2D eigenvalue weighted by molar-refractivity contribution is 7.09. The molecule has 0 bridgehead atoms. The maximum atomic E-state index is 11.8. The Labute approximate surface area is 125 Å². The van der Waals surface area contributed by atoms with E-state index in [0.29, 0.717) is 22.0 Å². The fraction of sp³-hybridized carbons (Fsp3) is 0.231. The maximum absolute atomic E-state index is 11.8. The maximum Gasteiger partial charge on any atom is 0.340 e. The lowest BCUT2D eigenvalue weighted by Crippen LogP contribution is -2.12. The molecule has 0 aliphatic carbocycles. The van der Waals surface area contributed by atoms with E-state index in [9.17, 15) is 4.79 Å². The van der Waals surface area contributed by atoms with E-state index in [-0.39, 0.29) is 6.04 Å². The van der Waals surface area contributed by atoms with Crippen molar-refractivity contribution in [1.29, 1.82) is 0 Å². The van der Waals surface area contributed by atoms with E-state index in [1.165, 1.54) is 24.5 Å². The Morgan fingerprint density at radius 1 is 1.55 bits per heavy atom. The van der Waals surface area contributed by atoms with Gasteiger partial charge in [0.05, 0.1) is 29.4 Å². The number of nitrogens with zero attached hydrogens (tertiary/aromatic N) is 1. The van der Waals surface area contributed by atoms with Crippen molar-refractivity contribution in [2.75, 3.05) is 18.2 Å². The third kappa shape index (κ3) is 3.02. The first kappa shape index (κ1) is 14.6. The molecule has 2 aromatic rings. The molecule has 2 rings (SSSR count). The van der Waals surface area contributed by atoms with Crippen LogP contribution in [-0.4, -0.2) is 18.1 Å². The number of methoxy groups -OCH3 is 1. The van der Waals surface area contributed by atoms with Gasteiger partial charge in [0.15, 0.2) is 0 Å². The number of esters is 1. The van der Waals surface area contributed by atoms with E-state index in [2.05, 4.69) is 10.3 Å². The second-order valence-electron chi connectivity index (χ2n) is 4.15. The van der Waals surface area contributed by atoms with Gasteiger partial charge in [-0.05, 0) is 19.1 Å². The zero-order valence-electron chi connectivity index (χ0n) is 11.0. The molecule has 1 aromatic heterocycles. The Bertz CT molecular complexity index is 616. The predicted octanol–water partition coefficient (Wildman–Crippen LogP) is 3.34. The van der Waals surface area contributed by atoms with Gasteiger partial charge in [-0.15, -0.1) is 11.3 Å². The van der Waals surface area contributed by atoms with Gasteiger partial charge in [0.2, 0.25) is 0 Å². The Morgan fingerprint density at radius 2 is 2.30 bits per heavy atom. The number of hydrogen-bond donors (Lipinski definition) is 2. The molecule has 1 unspecified atom stereocenters. The van der Waals surface area contributed by atoms with E-state index < -0.39 is 5.97 Å². The van der Waals surface area contributed by atoms with Crippen molar-refractivity contribution >= 4 is 40.3 Å². The van der Waals surface area contributed by atoms with Crippen LogP contribution in [0.4, 0.5) is 11.4 Å². The zero-order valence-corrected chi connectivity index (χ0v) is 12.6. The number of nitrogens with one attached hydrogen (secondary N) is 1. The summed E-state index contributed by atoms with van der Waals surface area (Å²) in [5.74, 6) is -0.493. The van der Waals surface area contributed by atoms with Crippen LogP contribution in [0.5, 0.6) is 0 Å². The number of benzene rings is 1. The van der Waals surface area contributed by atoms with Crippen LogP contribution in [0.1, 0.15) is 28.3 Å². The van der Waals surface area contributed by atoms with Gasteiger partial charge in [0.1, 0.15) is 5.01 Å². The summed E-state index contributed by atoms with van der Waals surface area (Å²) in [6, 6.07) is 3.04. The number of thiazole rings is 1. The summed E-state index contributed by atoms with van der Waals surface area (Å²) in [5.41, 5.74) is 6.92. The quantitative estimate of drug-likeness (QED) is 0.669. The standard InChI is InChI=1S/C13H14ClN3O2S/c1-7(12-16-3-4-20-12)17-11-9(13(18)19-2)5-8(15)6-10(11)14/h3-7,17H,15H2,1-2H3. The van der Waals surface area contributed by atoms with Crippen molar-refractivity contribution in [2.24, 2.45) is 0 Å². The van der Waals surface area contributed by atoms with Gasteiger partial charge in [-0.3, -0.25) is 0 Å². The number of hydrogen-bond acceptors (Lipinski definition) is 6. The molecule has 106 valence electrons. The Balaban J connectivity index is 2.37. The fourth-order valence-corrected chi connectivity index (χ4v) is 2.70. The Morgan fingerprint density at radius 3 is 2.90 bits per heavy atom. The average molecular weight is 312 g/mol. The zero-order chi connectivity index (χ0) is 14.7. The van der Waals surface area contributed by atoms with Gasteiger partial charge >= 0.3 is 5.97 Å². The molecule has 1 aromatic carbocycles. The molecule has 0 radical (unpaired) electrons. The summed E-state index contributed by atoms with van der Waals surface area (Å²) in [4.78, 5) is 16.0. The van der Waals surface area contributed by atoms with Gasteiger partial charge in [0, 0.05) is 17.3 Å². The summed E-state index contributed by atoms with van der Waals surface area (Å²) in [6.45, 7) is 1.94. The van der Waals surface area contributed by atoms with E-state index >= 15 is 0 Å². The summed E-state index contributed by atoms with van der Waals surface area (Å²) in [7, 11) is 1.31. The van der Waals surface area contributed by atoms with E-state index in [1.54, 1.807) is 12.3 Å². The topological polar surface area (TPSA) is 77.2 Å². The summed E-state index contributed by atoms with van der Waals surface area (Å²) in [6.07, 6.45) is 1.73. The number of halogens is 1. The van der Waals surface area contributed by atoms with Crippen LogP contribution in [0.2, 0.25) is 5.02 Å². The van der Waals surface area contributed by atoms with Crippen molar-refractivity contribution in [3.05, 3.63) is 39.3 Å². The molecule has 0 saturated carbocycles. The molecule has 0 fully saturated rings. The van der Waals surface area contributed by atoms with Crippen LogP contribution >= 0.6 is 22.9 Å². The molecule has 1 heterocycles. The van der Waals surface area contributed by atoms with Crippen molar-refractivity contribution in [3.8, 4) is 0 Å². The van der Waals surface area contributed by atoms with Crippen molar-refractivity contribution in [3.63, 3.8) is 0 Å². The van der Waals surface area contributed by atoms with Crippen LogP contribution in [0, 0.1) is 0 Å². The number of ether oxygens (including phenoxy) is 1. The van der Waals surface area contributed by atoms with Crippen LogP contribution in [0.15, 0.2) is 23.7 Å². The average Bonchev–Trinajstić information content (AvgIpc) is 2.94. The van der Waals surface area contributed by atoms with Crippen molar-refractivity contribution in [1.82, 2.24) is 4.98 Å². The van der Waals surface area contributed by atoms with Gasteiger partial charge in [0.25, 0.3) is 0 Å². The van der Waals surface area contributed by atoms with Crippen LogP contribution in [-0.2, 0) is 4.74 Å². The monoisotopic (exact) mass is 311 g/mol. The normalized spacial score (nSPS) is 11.9. The minimum atomic E-state index is -0.493. The number of nitrogens with two attached hydrogens (primary N) is 1. The van der Waals surface area contributed by atoms with E-state index in [0.717, 1.165) is 5.01 Å². The number of rotatable bonds is 4. The molecule has 0 spiro atoms. The second kappa shape index (κ2) is 6.11. The van der Waals surface area contributed by atoms with E-state index in [4.69, 9.17) is 22.1 Å². The highest BCUT2D eigenvalue weighted by Gasteiger charge is 2.19. The van der Waals surface area contributed by atoms with Crippen molar-refractivity contribution < 1.29 is 9.53 Å². The number of carbonyl (C=O) groups is 1. The highest BCUT2D eigenvalue weighted by Crippen LogP contribution is 2.33. The summed E-state index contributed by atoms with van der Waals surface area (Å²) < 4.78 is 4.75. The number of anilines is 2. The van der Waals surface area contributed by atoms with Crippen LogP contribution < -0.4 is 11.1 Å². The first-order chi connectivity index (χ1) is 9.52. The molecule has 0 amide bonds. The number of carbonyl (C=O) groups excluding carboxylic acids is 1. The lowest BCUT2D eigenvalue weighted by atomic mass is 10.1. The lowest BCUT2D eigenvalue weighted by Gasteiger charge is -2.17. The lowest BCUT2D eigenvalue weighted by molar-refractivity contribution is 0.0602. The molecular formula is C13H14ClN3O2S. The molecule has 0 aliphatic heterocycles. The molecule has 3 N–H and O–H groups in total.